The lowest BCUT2D eigenvalue weighted by atomic mass is 9.57. The summed E-state index contributed by atoms with van der Waals surface area (Å²) in [5.41, 5.74) is 0.371. The van der Waals surface area contributed by atoms with Gasteiger partial charge in [0, 0.05) is 24.0 Å². The fraction of sp³-hybridized carbons (Fsp3) is 1.00. The molecule has 1 N–H and O–H groups in total. The predicted molar refractivity (Wildman–Crippen MR) is 56.1 cm³/mol. The Labute approximate surface area is 86.4 Å². The van der Waals surface area contributed by atoms with Gasteiger partial charge in [0.15, 0.2) is 0 Å². The van der Waals surface area contributed by atoms with Crippen LogP contribution in [-0.4, -0.2) is 25.3 Å². The van der Waals surface area contributed by atoms with E-state index >= 15 is 0 Å². The molecular weight excluding hydrogens is 174 g/mol. The molecule has 80 valence electrons. The highest BCUT2D eigenvalue weighted by Crippen LogP contribution is 2.52. The maximum absolute atomic E-state index is 5.78. The standard InChI is InChI=1S/C12H21NO/c1-12(2)10(13-7-8-3-4-8)9-5-6-14-11(9)12/h8-11,13H,3-7H2,1-2H3. The second-order valence-electron chi connectivity index (χ2n) is 5.89. The van der Waals surface area contributed by atoms with Gasteiger partial charge in [-0.05, 0) is 31.7 Å². The SMILES string of the molecule is CC1(C)C(NCC2CC2)C2CCOC21. The number of rotatable bonds is 3. The summed E-state index contributed by atoms with van der Waals surface area (Å²) in [5.74, 6) is 1.80. The molecule has 2 aliphatic carbocycles. The minimum Gasteiger partial charge on any atom is -0.377 e. The van der Waals surface area contributed by atoms with Crippen LogP contribution in [0.15, 0.2) is 0 Å². The smallest absolute Gasteiger partial charge is 0.0685 e. The van der Waals surface area contributed by atoms with Gasteiger partial charge in [-0.15, -0.1) is 0 Å². The fourth-order valence-electron chi connectivity index (χ4n) is 3.35. The quantitative estimate of drug-likeness (QED) is 0.741. The molecule has 1 heterocycles. The number of fused-ring (bicyclic) bond motifs is 1. The van der Waals surface area contributed by atoms with Gasteiger partial charge in [0.05, 0.1) is 6.10 Å². The average Bonchev–Trinajstić information content (AvgIpc) is 2.82. The third-order valence-corrected chi connectivity index (χ3v) is 4.42. The summed E-state index contributed by atoms with van der Waals surface area (Å²) in [4.78, 5) is 0. The molecular formula is C12H21NO. The Bertz CT molecular complexity index is 234. The van der Waals surface area contributed by atoms with Crippen molar-refractivity contribution in [1.82, 2.24) is 5.32 Å². The lowest BCUT2D eigenvalue weighted by Gasteiger charge is -2.55. The maximum Gasteiger partial charge on any atom is 0.0685 e. The van der Waals surface area contributed by atoms with Crippen LogP contribution in [0.3, 0.4) is 0 Å². The van der Waals surface area contributed by atoms with Crippen LogP contribution in [0.4, 0.5) is 0 Å². The van der Waals surface area contributed by atoms with E-state index in [0.717, 1.165) is 24.5 Å². The summed E-state index contributed by atoms with van der Waals surface area (Å²) in [6, 6.07) is 0.718. The summed E-state index contributed by atoms with van der Waals surface area (Å²) in [7, 11) is 0. The number of hydrogen-bond donors (Lipinski definition) is 1. The Hall–Kier alpha value is -0.0800. The van der Waals surface area contributed by atoms with Gasteiger partial charge in [0.25, 0.3) is 0 Å². The van der Waals surface area contributed by atoms with Gasteiger partial charge in [0.2, 0.25) is 0 Å². The highest BCUT2D eigenvalue weighted by Gasteiger charge is 2.59. The molecule has 3 unspecified atom stereocenters. The van der Waals surface area contributed by atoms with E-state index in [4.69, 9.17) is 4.74 Å². The van der Waals surface area contributed by atoms with Gasteiger partial charge < -0.3 is 10.1 Å². The van der Waals surface area contributed by atoms with Gasteiger partial charge in [-0.25, -0.2) is 0 Å². The monoisotopic (exact) mass is 195 g/mol. The van der Waals surface area contributed by atoms with E-state index in [-0.39, 0.29) is 0 Å². The van der Waals surface area contributed by atoms with E-state index < -0.39 is 0 Å². The molecule has 0 aromatic rings. The molecule has 0 spiro atoms. The van der Waals surface area contributed by atoms with E-state index in [1.807, 2.05) is 0 Å². The van der Waals surface area contributed by atoms with Crippen molar-refractivity contribution >= 4 is 0 Å². The first kappa shape index (κ1) is 9.17. The van der Waals surface area contributed by atoms with Crippen LogP contribution in [0.1, 0.15) is 33.1 Å². The van der Waals surface area contributed by atoms with E-state index in [0.29, 0.717) is 11.5 Å². The van der Waals surface area contributed by atoms with Gasteiger partial charge in [0.1, 0.15) is 0 Å². The Balaban J connectivity index is 1.60. The Morgan fingerprint density at radius 2 is 2.07 bits per heavy atom. The molecule has 14 heavy (non-hydrogen) atoms. The van der Waals surface area contributed by atoms with Crippen molar-refractivity contribution in [2.24, 2.45) is 17.3 Å². The topological polar surface area (TPSA) is 21.3 Å². The Kier molecular flexibility index (Phi) is 1.94. The fourth-order valence-corrected chi connectivity index (χ4v) is 3.35. The molecule has 0 aromatic carbocycles. The van der Waals surface area contributed by atoms with Crippen molar-refractivity contribution in [2.45, 2.75) is 45.3 Å². The first-order valence-electron chi connectivity index (χ1n) is 6.04. The summed E-state index contributed by atoms with van der Waals surface area (Å²) in [5, 5.41) is 3.76. The van der Waals surface area contributed by atoms with Crippen LogP contribution in [0, 0.1) is 17.3 Å². The maximum atomic E-state index is 5.78. The second kappa shape index (κ2) is 2.96. The molecule has 0 aromatic heterocycles. The number of nitrogens with one attached hydrogen (secondary N) is 1. The molecule has 0 amide bonds. The minimum atomic E-state index is 0.371. The second-order valence-corrected chi connectivity index (χ2v) is 5.89. The first-order valence-corrected chi connectivity index (χ1v) is 6.04. The van der Waals surface area contributed by atoms with Crippen molar-refractivity contribution < 1.29 is 4.74 Å². The summed E-state index contributed by atoms with van der Waals surface area (Å²) >= 11 is 0. The zero-order valence-electron chi connectivity index (χ0n) is 9.25. The zero-order chi connectivity index (χ0) is 9.76. The van der Waals surface area contributed by atoms with Crippen molar-refractivity contribution in [3.63, 3.8) is 0 Å². The Morgan fingerprint density at radius 3 is 2.79 bits per heavy atom. The number of ether oxygens (including phenoxy) is 1. The van der Waals surface area contributed by atoms with Crippen LogP contribution in [0.5, 0.6) is 0 Å². The molecule has 3 atom stereocenters. The molecule has 3 aliphatic rings. The van der Waals surface area contributed by atoms with Gasteiger partial charge >= 0.3 is 0 Å². The molecule has 2 nitrogen and oxygen atoms in total. The van der Waals surface area contributed by atoms with Crippen LogP contribution in [0.25, 0.3) is 0 Å². The molecule has 0 radical (unpaired) electrons. The van der Waals surface area contributed by atoms with Crippen LogP contribution >= 0.6 is 0 Å². The zero-order valence-corrected chi connectivity index (χ0v) is 9.25. The van der Waals surface area contributed by atoms with E-state index in [2.05, 4.69) is 19.2 Å². The van der Waals surface area contributed by atoms with Crippen molar-refractivity contribution in [1.29, 1.82) is 0 Å². The lowest BCUT2D eigenvalue weighted by Crippen LogP contribution is -2.66. The highest BCUT2D eigenvalue weighted by molar-refractivity contribution is 5.11. The Morgan fingerprint density at radius 1 is 1.29 bits per heavy atom. The molecule has 0 bridgehead atoms. The molecule has 3 fully saturated rings. The van der Waals surface area contributed by atoms with E-state index in [1.165, 1.54) is 25.8 Å². The normalized spacial score (nSPS) is 44.6. The highest BCUT2D eigenvalue weighted by atomic mass is 16.5. The van der Waals surface area contributed by atoms with Gasteiger partial charge in [-0.2, -0.15) is 0 Å². The van der Waals surface area contributed by atoms with E-state index in [9.17, 15) is 0 Å². The largest absolute Gasteiger partial charge is 0.377 e. The summed E-state index contributed by atoms with van der Waals surface area (Å²) in [6.45, 7) is 6.94. The van der Waals surface area contributed by atoms with Crippen molar-refractivity contribution in [3.05, 3.63) is 0 Å². The minimum absolute atomic E-state index is 0.371. The van der Waals surface area contributed by atoms with Crippen LogP contribution in [0.2, 0.25) is 0 Å². The summed E-state index contributed by atoms with van der Waals surface area (Å²) in [6.07, 6.45) is 4.71. The van der Waals surface area contributed by atoms with E-state index in [1.54, 1.807) is 0 Å². The van der Waals surface area contributed by atoms with Gasteiger partial charge in [-0.1, -0.05) is 13.8 Å². The van der Waals surface area contributed by atoms with Gasteiger partial charge in [-0.3, -0.25) is 0 Å². The molecule has 2 heteroatoms. The third-order valence-electron chi connectivity index (χ3n) is 4.42. The number of hydrogen-bond acceptors (Lipinski definition) is 2. The molecule has 2 saturated carbocycles. The molecule has 1 saturated heterocycles. The third kappa shape index (κ3) is 1.24. The predicted octanol–water partition coefficient (Wildman–Crippen LogP) is 1.80. The first-order chi connectivity index (χ1) is 6.69. The van der Waals surface area contributed by atoms with Crippen LogP contribution < -0.4 is 5.32 Å². The van der Waals surface area contributed by atoms with Crippen LogP contribution in [-0.2, 0) is 4.74 Å². The van der Waals surface area contributed by atoms with Crippen molar-refractivity contribution in [2.75, 3.05) is 13.2 Å². The van der Waals surface area contributed by atoms with Crippen molar-refractivity contribution in [3.8, 4) is 0 Å². The molecule has 1 aliphatic heterocycles. The summed E-state index contributed by atoms with van der Waals surface area (Å²) < 4.78 is 5.78. The average molecular weight is 195 g/mol. The molecule has 3 rings (SSSR count). The lowest BCUT2D eigenvalue weighted by molar-refractivity contribution is -0.112.